The van der Waals surface area contributed by atoms with Gasteiger partial charge in [0, 0.05) is 41.3 Å². The molecule has 2 heterocycles. The molecule has 29 heavy (non-hydrogen) atoms. The number of hydrogen-bond donors (Lipinski definition) is 2. The summed E-state index contributed by atoms with van der Waals surface area (Å²) >= 11 is 5.92. The number of hydrogen-bond acceptors (Lipinski definition) is 3. The van der Waals surface area contributed by atoms with E-state index < -0.39 is 0 Å². The lowest BCUT2D eigenvalue weighted by Gasteiger charge is -2.19. The number of para-hydroxylation sites is 1. The number of rotatable bonds is 6. The minimum absolute atomic E-state index is 0.0293. The Morgan fingerprint density at radius 1 is 1.17 bits per heavy atom. The maximum atomic E-state index is 12.6. The fourth-order valence-corrected chi connectivity index (χ4v) is 3.64. The number of carbonyl (C=O) groups is 1. The van der Waals surface area contributed by atoms with E-state index in [1.165, 1.54) is 6.20 Å². The van der Waals surface area contributed by atoms with Crippen molar-refractivity contribution in [3.05, 3.63) is 94.9 Å². The monoisotopic (exact) mass is 405 g/mol. The molecule has 0 spiro atoms. The molecular formula is C23H20ClN3O2. The Labute approximate surface area is 173 Å². The number of nitrogens with zero attached hydrogens (tertiary/aromatic N) is 1. The molecule has 0 radical (unpaired) electrons. The van der Waals surface area contributed by atoms with Gasteiger partial charge in [-0.1, -0.05) is 41.9 Å². The Bertz CT molecular complexity index is 1140. The van der Waals surface area contributed by atoms with Crippen molar-refractivity contribution in [3.8, 4) is 5.75 Å². The van der Waals surface area contributed by atoms with Crippen LogP contribution in [-0.4, -0.2) is 29.5 Å². The van der Waals surface area contributed by atoms with E-state index in [9.17, 15) is 4.79 Å². The van der Waals surface area contributed by atoms with Crippen molar-refractivity contribution in [1.29, 1.82) is 0 Å². The van der Waals surface area contributed by atoms with Crippen LogP contribution in [0.15, 0.2) is 73.1 Å². The largest absolute Gasteiger partial charge is 0.497 e. The van der Waals surface area contributed by atoms with Crippen LogP contribution in [0.2, 0.25) is 5.15 Å². The molecule has 0 bridgehead atoms. The SMILES string of the molecule is COc1ccc([C@@H](CNC(=O)c2ccnc(Cl)c2)c2c[nH]c3ccccc23)cc1. The second kappa shape index (κ2) is 8.37. The molecule has 6 heteroatoms. The summed E-state index contributed by atoms with van der Waals surface area (Å²) in [6.07, 6.45) is 3.53. The zero-order valence-corrected chi connectivity index (χ0v) is 16.6. The average Bonchev–Trinajstić information content (AvgIpc) is 3.18. The van der Waals surface area contributed by atoms with E-state index in [1.807, 2.05) is 48.7 Å². The Morgan fingerprint density at radius 3 is 2.72 bits per heavy atom. The fourth-order valence-electron chi connectivity index (χ4n) is 3.47. The summed E-state index contributed by atoms with van der Waals surface area (Å²) in [6.45, 7) is 0.437. The van der Waals surface area contributed by atoms with Crippen molar-refractivity contribution in [1.82, 2.24) is 15.3 Å². The van der Waals surface area contributed by atoms with Crippen molar-refractivity contribution in [2.75, 3.05) is 13.7 Å². The minimum Gasteiger partial charge on any atom is -0.497 e. The third-order valence-electron chi connectivity index (χ3n) is 4.97. The first-order valence-electron chi connectivity index (χ1n) is 9.25. The molecule has 2 aromatic carbocycles. The van der Waals surface area contributed by atoms with E-state index >= 15 is 0 Å². The number of fused-ring (bicyclic) bond motifs is 1. The van der Waals surface area contributed by atoms with Crippen molar-refractivity contribution in [2.24, 2.45) is 0 Å². The van der Waals surface area contributed by atoms with Gasteiger partial charge < -0.3 is 15.0 Å². The van der Waals surface area contributed by atoms with Crippen LogP contribution in [0.4, 0.5) is 0 Å². The average molecular weight is 406 g/mol. The third-order valence-corrected chi connectivity index (χ3v) is 5.18. The van der Waals surface area contributed by atoms with Crippen LogP contribution < -0.4 is 10.1 Å². The topological polar surface area (TPSA) is 67.0 Å². The molecule has 5 nitrogen and oxygen atoms in total. The Morgan fingerprint density at radius 2 is 1.97 bits per heavy atom. The highest BCUT2D eigenvalue weighted by Crippen LogP contribution is 2.31. The molecule has 0 aliphatic rings. The molecule has 0 saturated heterocycles. The lowest BCUT2D eigenvalue weighted by molar-refractivity contribution is 0.0952. The number of nitrogens with one attached hydrogen (secondary N) is 2. The highest BCUT2D eigenvalue weighted by Gasteiger charge is 2.19. The standard InChI is InChI=1S/C23H20ClN3O2/c1-29-17-8-6-15(7-9-17)19(20-14-26-21-5-3-2-4-18(20)21)13-27-23(28)16-10-11-25-22(24)12-16/h2-12,14,19,26H,13H2,1H3,(H,27,28)/t19-/m1/s1. The van der Waals surface area contributed by atoms with Gasteiger partial charge in [-0.2, -0.15) is 0 Å². The van der Waals surface area contributed by atoms with Crippen LogP contribution in [0, 0.1) is 0 Å². The first-order chi connectivity index (χ1) is 14.2. The van der Waals surface area contributed by atoms with Crippen molar-refractivity contribution >= 4 is 28.4 Å². The number of aromatic nitrogens is 2. The van der Waals surface area contributed by atoms with Gasteiger partial charge in [-0.25, -0.2) is 4.98 Å². The van der Waals surface area contributed by atoms with Crippen LogP contribution in [0.1, 0.15) is 27.4 Å². The van der Waals surface area contributed by atoms with Gasteiger partial charge in [-0.3, -0.25) is 4.79 Å². The number of ether oxygens (including phenoxy) is 1. The molecule has 2 aromatic heterocycles. The number of methoxy groups -OCH3 is 1. The zero-order valence-electron chi connectivity index (χ0n) is 15.9. The number of H-pyrrole nitrogens is 1. The summed E-state index contributed by atoms with van der Waals surface area (Å²) in [4.78, 5) is 19.9. The highest BCUT2D eigenvalue weighted by atomic mass is 35.5. The molecular weight excluding hydrogens is 386 g/mol. The quantitative estimate of drug-likeness (QED) is 0.453. The van der Waals surface area contributed by atoms with E-state index in [1.54, 1.807) is 19.2 Å². The number of halogens is 1. The van der Waals surface area contributed by atoms with Crippen molar-refractivity contribution in [2.45, 2.75) is 5.92 Å². The molecule has 0 aliphatic heterocycles. The van der Waals surface area contributed by atoms with E-state index in [0.717, 1.165) is 27.8 Å². The predicted octanol–water partition coefficient (Wildman–Crippen LogP) is 4.79. The van der Waals surface area contributed by atoms with E-state index in [4.69, 9.17) is 16.3 Å². The normalized spacial score (nSPS) is 11.9. The molecule has 0 aliphatic carbocycles. The fraction of sp³-hybridized carbons (Fsp3) is 0.130. The van der Waals surface area contributed by atoms with Crippen molar-refractivity contribution < 1.29 is 9.53 Å². The number of aromatic amines is 1. The van der Waals surface area contributed by atoms with Gasteiger partial charge >= 0.3 is 0 Å². The Balaban J connectivity index is 1.65. The summed E-state index contributed by atoms with van der Waals surface area (Å²) < 4.78 is 5.28. The summed E-state index contributed by atoms with van der Waals surface area (Å²) in [5.41, 5.74) is 3.76. The molecule has 0 fully saturated rings. The molecule has 4 rings (SSSR count). The number of carbonyl (C=O) groups excluding carboxylic acids is 1. The molecule has 1 atom stereocenters. The summed E-state index contributed by atoms with van der Waals surface area (Å²) in [7, 11) is 1.65. The first kappa shape index (κ1) is 19.0. The Kier molecular flexibility index (Phi) is 5.49. The molecule has 1 amide bonds. The smallest absolute Gasteiger partial charge is 0.251 e. The van der Waals surface area contributed by atoms with Crippen LogP contribution in [0.3, 0.4) is 0 Å². The number of amides is 1. The van der Waals surface area contributed by atoms with Gasteiger partial charge in [0.1, 0.15) is 10.9 Å². The second-order valence-electron chi connectivity index (χ2n) is 6.69. The highest BCUT2D eigenvalue weighted by molar-refractivity contribution is 6.29. The van der Waals surface area contributed by atoms with Crippen LogP contribution >= 0.6 is 11.6 Å². The van der Waals surface area contributed by atoms with Gasteiger partial charge in [-0.05, 0) is 41.5 Å². The summed E-state index contributed by atoms with van der Waals surface area (Å²) in [5.74, 6) is 0.577. The van der Waals surface area contributed by atoms with Gasteiger partial charge in [-0.15, -0.1) is 0 Å². The van der Waals surface area contributed by atoms with E-state index in [2.05, 4.69) is 21.4 Å². The van der Waals surface area contributed by atoms with Crippen molar-refractivity contribution in [3.63, 3.8) is 0 Å². The van der Waals surface area contributed by atoms with Crippen LogP contribution in [0.5, 0.6) is 5.75 Å². The van der Waals surface area contributed by atoms with E-state index in [0.29, 0.717) is 17.3 Å². The number of pyridine rings is 1. The Hall–Kier alpha value is -3.31. The zero-order chi connectivity index (χ0) is 20.2. The van der Waals surface area contributed by atoms with Gasteiger partial charge in [0.25, 0.3) is 5.91 Å². The van der Waals surface area contributed by atoms with Gasteiger partial charge in [0.2, 0.25) is 0 Å². The molecule has 0 saturated carbocycles. The lowest BCUT2D eigenvalue weighted by Crippen LogP contribution is -2.29. The van der Waals surface area contributed by atoms with Gasteiger partial charge in [0.05, 0.1) is 7.11 Å². The maximum absolute atomic E-state index is 12.6. The predicted molar refractivity (Wildman–Crippen MR) is 115 cm³/mol. The third kappa shape index (κ3) is 4.10. The van der Waals surface area contributed by atoms with Crippen LogP contribution in [0.25, 0.3) is 10.9 Å². The van der Waals surface area contributed by atoms with Gasteiger partial charge in [0.15, 0.2) is 0 Å². The first-order valence-corrected chi connectivity index (χ1v) is 9.63. The summed E-state index contributed by atoms with van der Waals surface area (Å²) in [6, 6.07) is 19.3. The second-order valence-corrected chi connectivity index (χ2v) is 7.08. The molecule has 2 N–H and O–H groups in total. The minimum atomic E-state index is -0.187. The molecule has 0 unspecified atom stereocenters. The maximum Gasteiger partial charge on any atom is 0.251 e. The lowest BCUT2D eigenvalue weighted by atomic mass is 9.90. The molecule has 146 valence electrons. The van der Waals surface area contributed by atoms with E-state index in [-0.39, 0.29) is 11.8 Å². The molecule has 4 aromatic rings. The van der Waals surface area contributed by atoms with Crippen LogP contribution in [-0.2, 0) is 0 Å². The summed E-state index contributed by atoms with van der Waals surface area (Å²) in [5, 5.41) is 4.46. The number of benzene rings is 2.